The van der Waals surface area contributed by atoms with Gasteiger partial charge in [-0.05, 0) is 32.6 Å². The number of ether oxygens (including phenoxy) is 1. The van der Waals surface area contributed by atoms with Crippen molar-refractivity contribution < 1.29 is 4.74 Å². The molecule has 0 unspecified atom stereocenters. The lowest BCUT2D eigenvalue weighted by atomic mass is 10.0. The standard InChI is InChI=1S/C11H23NO/c1-8(2)5-10-6-11(7-12-10)13-9(3)4/h8-12H,5-7H2,1-4H3/t10-,11-/m0/s1. The van der Waals surface area contributed by atoms with Crippen molar-refractivity contribution in [2.24, 2.45) is 5.92 Å². The fourth-order valence-electron chi connectivity index (χ4n) is 2.02. The van der Waals surface area contributed by atoms with E-state index in [2.05, 4.69) is 33.0 Å². The predicted octanol–water partition coefficient (Wildman–Crippen LogP) is 2.19. The number of nitrogens with one attached hydrogen (secondary N) is 1. The Hall–Kier alpha value is -0.0800. The van der Waals surface area contributed by atoms with Crippen molar-refractivity contribution in [3.05, 3.63) is 0 Å². The van der Waals surface area contributed by atoms with Gasteiger partial charge in [0.05, 0.1) is 12.2 Å². The molecule has 2 atom stereocenters. The molecule has 2 heteroatoms. The van der Waals surface area contributed by atoms with Gasteiger partial charge in [-0.2, -0.15) is 0 Å². The molecular formula is C11H23NO. The summed E-state index contributed by atoms with van der Waals surface area (Å²) in [5.41, 5.74) is 0. The van der Waals surface area contributed by atoms with Gasteiger partial charge in [0.2, 0.25) is 0 Å². The largest absolute Gasteiger partial charge is 0.374 e. The summed E-state index contributed by atoms with van der Waals surface area (Å²) in [5, 5.41) is 3.52. The van der Waals surface area contributed by atoms with Gasteiger partial charge in [-0.1, -0.05) is 13.8 Å². The third kappa shape index (κ3) is 4.10. The van der Waals surface area contributed by atoms with Crippen molar-refractivity contribution >= 4 is 0 Å². The first-order valence-corrected chi connectivity index (χ1v) is 5.46. The van der Waals surface area contributed by atoms with Crippen LogP contribution >= 0.6 is 0 Å². The van der Waals surface area contributed by atoms with Crippen LogP contribution in [0.3, 0.4) is 0 Å². The molecule has 1 rings (SSSR count). The van der Waals surface area contributed by atoms with Crippen molar-refractivity contribution in [2.75, 3.05) is 6.54 Å². The highest BCUT2D eigenvalue weighted by atomic mass is 16.5. The second kappa shape index (κ2) is 4.97. The highest BCUT2D eigenvalue weighted by Gasteiger charge is 2.25. The average Bonchev–Trinajstić information content (AvgIpc) is 2.33. The third-order valence-corrected chi connectivity index (χ3v) is 2.40. The molecule has 1 aliphatic rings. The van der Waals surface area contributed by atoms with Gasteiger partial charge in [0.1, 0.15) is 0 Å². The fourth-order valence-corrected chi connectivity index (χ4v) is 2.02. The quantitative estimate of drug-likeness (QED) is 0.725. The van der Waals surface area contributed by atoms with E-state index in [1.165, 1.54) is 12.8 Å². The number of hydrogen-bond donors (Lipinski definition) is 1. The summed E-state index contributed by atoms with van der Waals surface area (Å²) in [4.78, 5) is 0. The first-order valence-electron chi connectivity index (χ1n) is 5.46. The lowest BCUT2D eigenvalue weighted by Gasteiger charge is -2.15. The lowest BCUT2D eigenvalue weighted by Crippen LogP contribution is -2.23. The minimum atomic E-state index is 0.365. The maximum absolute atomic E-state index is 5.76. The Morgan fingerprint density at radius 3 is 2.54 bits per heavy atom. The van der Waals surface area contributed by atoms with Crippen LogP contribution in [-0.2, 0) is 4.74 Å². The Kier molecular flexibility index (Phi) is 4.20. The van der Waals surface area contributed by atoms with Crippen LogP contribution in [0.5, 0.6) is 0 Å². The number of hydrogen-bond acceptors (Lipinski definition) is 2. The van der Waals surface area contributed by atoms with Gasteiger partial charge in [-0.3, -0.25) is 0 Å². The van der Waals surface area contributed by atoms with Gasteiger partial charge >= 0.3 is 0 Å². The van der Waals surface area contributed by atoms with Crippen LogP contribution in [0.2, 0.25) is 0 Å². The Balaban J connectivity index is 2.20. The Morgan fingerprint density at radius 2 is 2.00 bits per heavy atom. The van der Waals surface area contributed by atoms with Crippen molar-refractivity contribution in [3.63, 3.8) is 0 Å². The summed E-state index contributed by atoms with van der Waals surface area (Å²) in [5.74, 6) is 0.787. The summed E-state index contributed by atoms with van der Waals surface area (Å²) < 4.78 is 5.76. The molecule has 0 radical (unpaired) electrons. The van der Waals surface area contributed by atoms with E-state index < -0.39 is 0 Å². The summed E-state index contributed by atoms with van der Waals surface area (Å²) in [6, 6.07) is 0.684. The van der Waals surface area contributed by atoms with E-state index in [0.717, 1.165) is 12.5 Å². The van der Waals surface area contributed by atoms with E-state index in [0.29, 0.717) is 18.2 Å². The molecule has 1 saturated heterocycles. The topological polar surface area (TPSA) is 21.3 Å². The summed E-state index contributed by atoms with van der Waals surface area (Å²) in [6.45, 7) is 9.80. The summed E-state index contributed by atoms with van der Waals surface area (Å²) in [6.07, 6.45) is 3.28. The van der Waals surface area contributed by atoms with Gasteiger partial charge in [-0.15, -0.1) is 0 Å². The normalized spacial score (nSPS) is 29.1. The molecule has 0 amide bonds. The SMILES string of the molecule is CC(C)C[C@H]1C[C@H](OC(C)C)CN1. The van der Waals surface area contributed by atoms with Gasteiger partial charge in [0, 0.05) is 12.6 Å². The predicted molar refractivity (Wildman–Crippen MR) is 55.9 cm³/mol. The minimum Gasteiger partial charge on any atom is -0.374 e. The zero-order valence-corrected chi connectivity index (χ0v) is 9.34. The van der Waals surface area contributed by atoms with Crippen molar-refractivity contribution in [2.45, 2.75) is 58.8 Å². The molecule has 0 aromatic rings. The van der Waals surface area contributed by atoms with E-state index in [1.807, 2.05) is 0 Å². The smallest absolute Gasteiger partial charge is 0.0717 e. The van der Waals surface area contributed by atoms with Gasteiger partial charge in [-0.25, -0.2) is 0 Å². The lowest BCUT2D eigenvalue weighted by molar-refractivity contribution is 0.0184. The molecule has 0 bridgehead atoms. The maximum atomic E-state index is 5.76. The minimum absolute atomic E-state index is 0.365. The molecule has 78 valence electrons. The van der Waals surface area contributed by atoms with Crippen LogP contribution in [0.1, 0.15) is 40.5 Å². The Bertz CT molecular complexity index is 129. The Labute approximate surface area is 82.0 Å². The molecule has 0 aromatic heterocycles. The van der Waals surface area contributed by atoms with Crippen LogP contribution in [0, 0.1) is 5.92 Å². The van der Waals surface area contributed by atoms with Crippen molar-refractivity contribution in [1.82, 2.24) is 5.32 Å². The van der Waals surface area contributed by atoms with E-state index in [-0.39, 0.29) is 0 Å². The molecule has 2 nitrogen and oxygen atoms in total. The van der Waals surface area contributed by atoms with E-state index >= 15 is 0 Å². The van der Waals surface area contributed by atoms with Crippen LogP contribution in [0.25, 0.3) is 0 Å². The van der Waals surface area contributed by atoms with Crippen molar-refractivity contribution in [3.8, 4) is 0 Å². The first-order chi connectivity index (χ1) is 6.08. The highest BCUT2D eigenvalue weighted by Crippen LogP contribution is 2.17. The molecule has 1 aliphatic heterocycles. The molecule has 13 heavy (non-hydrogen) atoms. The summed E-state index contributed by atoms with van der Waals surface area (Å²) in [7, 11) is 0. The second-order valence-electron chi connectivity index (χ2n) is 4.78. The van der Waals surface area contributed by atoms with Crippen LogP contribution in [0.4, 0.5) is 0 Å². The number of rotatable bonds is 4. The Morgan fingerprint density at radius 1 is 1.31 bits per heavy atom. The molecule has 0 aliphatic carbocycles. The zero-order chi connectivity index (χ0) is 9.84. The molecular weight excluding hydrogens is 162 g/mol. The van der Waals surface area contributed by atoms with E-state index in [1.54, 1.807) is 0 Å². The third-order valence-electron chi connectivity index (χ3n) is 2.40. The van der Waals surface area contributed by atoms with Crippen LogP contribution in [-0.4, -0.2) is 24.8 Å². The second-order valence-corrected chi connectivity index (χ2v) is 4.78. The van der Waals surface area contributed by atoms with Crippen molar-refractivity contribution in [1.29, 1.82) is 0 Å². The molecule has 0 saturated carbocycles. The fraction of sp³-hybridized carbons (Fsp3) is 1.00. The van der Waals surface area contributed by atoms with Gasteiger partial charge < -0.3 is 10.1 Å². The van der Waals surface area contributed by atoms with Crippen LogP contribution in [0.15, 0.2) is 0 Å². The summed E-state index contributed by atoms with van der Waals surface area (Å²) >= 11 is 0. The first kappa shape index (κ1) is 11.0. The van der Waals surface area contributed by atoms with Gasteiger partial charge in [0.25, 0.3) is 0 Å². The van der Waals surface area contributed by atoms with Gasteiger partial charge in [0.15, 0.2) is 0 Å². The molecule has 1 fully saturated rings. The molecule has 1 heterocycles. The van der Waals surface area contributed by atoms with Crippen LogP contribution < -0.4 is 5.32 Å². The zero-order valence-electron chi connectivity index (χ0n) is 9.34. The molecule has 1 N–H and O–H groups in total. The highest BCUT2D eigenvalue weighted by molar-refractivity contribution is 4.83. The van der Waals surface area contributed by atoms with E-state index in [9.17, 15) is 0 Å². The monoisotopic (exact) mass is 185 g/mol. The van der Waals surface area contributed by atoms with E-state index in [4.69, 9.17) is 4.74 Å². The average molecular weight is 185 g/mol. The molecule has 0 spiro atoms. The molecule has 0 aromatic carbocycles. The maximum Gasteiger partial charge on any atom is 0.0717 e.